The number of carboxylic acid groups (broad SMARTS) is 2. The number of rotatable bonds is 6. The molecule has 0 saturated carbocycles. The van der Waals surface area contributed by atoms with Crippen molar-refractivity contribution in [1.82, 2.24) is 0 Å². The number of aliphatic carboxylic acids is 2. The van der Waals surface area contributed by atoms with Crippen LogP contribution in [-0.4, -0.2) is 34.9 Å². The molecule has 1 rings (SSSR count). The highest BCUT2D eigenvalue weighted by atomic mass is 16.6. The number of ether oxygens (including phenoxy) is 1. The number of carbonyl (C=O) groups is 2. The van der Waals surface area contributed by atoms with Gasteiger partial charge in [0.15, 0.2) is 0 Å². The van der Waals surface area contributed by atoms with E-state index in [2.05, 4.69) is 13.2 Å². The van der Waals surface area contributed by atoms with Gasteiger partial charge in [0, 0.05) is 11.1 Å². The van der Waals surface area contributed by atoms with E-state index in [0.717, 1.165) is 13.0 Å². The van der Waals surface area contributed by atoms with Gasteiger partial charge in [0.05, 0.1) is 12.7 Å². The lowest BCUT2D eigenvalue weighted by atomic mass is 10.2. The molecule has 0 aromatic carbocycles. The summed E-state index contributed by atoms with van der Waals surface area (Å²) >= 11 is 0. The molecule has 1 aliphatic rings. The third-order valence-corrected chi connectivity index (χ3v) is 2.12. The van der Waals surface area contributed by atoms with E-state index in [4.69, 9.17) is 14.9 Å². The standard InChI is InChI=1S/C7H10O3.C6H8O2/c1-5(7(8)9)2-3-6-4-10-6;1-3-4-5(2)6(7)8/h2,6H,3-4H2,1H3,(H,8,9);3H,1-2,4H2,(H,7,8). The molecule has 5 nitrogen and oxygen atoms in total. The molecule has 0 aliphatic carbocycles. The summed E-state index contributed by atoms with van der Waals surface area (Å²) in [5.74, 6) is -1.80. The van der Waals surface area contributed by atoms with Crippen molar-refractivity contribution in [1.29, 1.82) is 0 Å². The molecule has 5 heteroatoms. The second-order valence-corrected chi connectivity index (χ2v) is 3.78. The number of hydrogen-bond donors (Lipinski definition) is 2. The Kier molecular flexibility index (Phi) is 7.38. The Morgan fingerprint density at radius 3 is 2.22 bits per heavy atom. The molecule has 0 bridgehead atoms. The van der Waals surface area contributed by atoms with Crippen molar-refractivity contribution in [2.24, 2.45) is 0 Å². The van der Waals surface area contributed by atoms with E-state index in [1.807, 2.05) is 0 Å². The van der Waals surface area contributed by atoms with Crippen LogP contribution in [0, 0.1) is 0 Å². The van der Waals surface area contributed by atoms with Gasteiger partial charge >= 0.3 is 11.9 Å². The number of epoxide rings is 1. The summed E-state index contributed by atoms with van der Waals surface area (Å²) < 4.78 is 4.90. The predicted octanol–water partition coefficient (Wildman–Crippen LogP) is 2.01. The minimum atomic E-state index is -0.954. The van der Waals surface area contributed by atoms with Gasteiger partial charge < -0.3 is 14.9 Å². The summed E-state index contributed by atoms with van der Waals surface area (Å²) in [5, 5.41) is 16.6. The molecule has 100 valence electrons. The predicted molar refractivity (Wildman–Crippen MR) is 67.3 cm³/mol. The van der Waals surface area contributed by atoms with Gasteiger partial charge in [-0.3, -0.25) is 0 Å². The normalized spacial score (nSPS) is 17.2. The summed E-state index contributed by atoms with van der Waals surface area (Å²) in [6.45, 7) is 9.00. The molecule has 0 radical (unpaired) electrons. The molecule has 0 amide bonds. The molecule has 1 heterocycles. The molecule has 1 aliphatic heterocycles. The van der Waals surface area contributed by atoms with Crippen molar-refractivity contribution >= 4 is 11.9 Å². The summed E-state index contributed by atoms with van der Waals surface area (Å²) in [6, 6.07) is 0. The Hall–Kier alpha value is -1.88. The van der Waals surface area contributed by atoms with Crippen molar-refractivity contribution in [2.75, 3.05) is 6.61 Å². The Morgan fingerprint density at radius 1 is 1.39 bits per heavy atom. The molecule has 1 fully saturated rings. The SMILES string of the molecule is C=CCC(=C)C(=O)O.CC(=CCC1CO1)C(=O)O. The van der Waals surface area contributed by atoms with Crippen molar-refractivity contribution < 1.29 is 24.5 Å². The Labute approximate surface area is 106 Å². The van der Waals surface area contributed by atoms with Gasteiger partial charge in [0.25, 0.3) is 0 Å². The zero-order valence-electron chi connectivity index (χ0n) is 10.4. The summed E-state index contributed by atoms with van der Waals surface area (Å²) in [4.78, 5) is 20.2. The topological polar surface area (TPSA) is 87.1 Å². The zero-order chi connectivity index (χ0) is 14.1. The van der Waals surface area contributed by atoms with Gasteiger partial charge in [-0.1, -0.05) is 18.7 Å². The average Bonchev–Trinajstić information content (AvgIpc) is 3.10. The smallest absolute Gasteiger partial charge is 0.331 e. The fourth-order valence-corrected chi connectivity index (χ4v) is 0.861. The highest BCUT2D eigenvalue weighted by Crippen LogP contribution is 2.14. The van der Waals surface area contributed by atoms with Crippen LogP contribution >= 0.6 is 0 Å². The number of hydrogen-bond acceptors (Lipinski definition) is 3. The summed E-state index contributed by atoms with van der Waals surface area (Å²) in [5.41, 5.74) is 0.579. The van der Waals surface area contributed by atoms with E-state index in [0.29, 0.717) is 12.0 Å². The highest BCUT2D eigenvalue weighted by Gasteiger charge is 2.20. The second kappa shape index (κ2) is 8.25. The lowest BCUT2D eigenvalue weighted by molar-refractivity contribution is -0.133. The Morgan fingerprint density at radius 2 is 1.94 bits per heavy atom. The quantitative estimate of drug-likeness (QED) is 0.430. The third-order valence-electron chi connectivity index (χ3n) is 2.12. The lowest BCUT2D eigenvalue weighted by Gasteiger charge is -1.89. The number of allylic oxidation sites excluding steroid dienone is 1. The Balaban J connectivity index is 0.000000331. The van der Waals surface area contributed by atoms with Crippen LogP contribution in [0.2, 0.25) is 0 Å². The van der Waals surface area contributed by atoms with Gasteiger partial charge in [0.2, 0.25) is 0 Å². The molecule has 0 aromatic rings. The first kappa shape index (κ1) is 16.1. The van der Waals surface area contributed by atoms with Gasteiger partial charge in [-0.15, -0.1) is 6.58 Å². The lowest BCUT2D eigenvalue weighted by Crippen LogP contribution is -1.96. The second-order valence-electron chi connectivity index (χ2n) is 3.78. The van der Waals surface area contributed by atoms with E-state index in [-0.39, 0.29) is 11.7 Å². The first-order valence-corrected chi connectivity index (χ1v) is 5.42. The van der Waals surface area contributed by atoms with Crippen LogP contribution in [0.15, 0.2) is 36.5 Å². The van der Waals surface area contributed by atoms with E-state index in [1.54, 1.807) is 13.0 Å². The minimum Gasteiger partial charge on any atom is -0.478 e. The summed E-state index contributed by atoms with van der Waals surface area (Å²) in [7, 11) is 0. The van der Waals surface area contributed by atoms with Crippen LogP contribution in [0.4, 0.5) is 0 Å². The van der Waals surface area contributed by atoms with Crippen LogP contribution in [0.3, 0.4) is 0 Å². The molecule has 18 heavy (non-hydrogen) atoms. The Bertz CT molecular complexity index is 364. The van der Waals surface area contributed by atoms with Gasteiger partial charge in [-0.05, 0) is 19.8 Å². The molecule has 2 N–H and O–H groups in total. The van der Waals surface area contributed by atoms with Crippen LogP contribution in [-0.2, 0) is 14.3 Å². The first-order valence-electron chi connectivity index (χ1n) is 5.42. The van der Waals surface area contributed by atoms with E-state index >= 15 is 0 Å². The van der Waals surface area contributed by atoms with Crippen molar-refractivity contribution in [3.05, 3.63) is 36.5 Å². The van der Waals surface area contributed by atoms with E-state index in [1.165, 1.54) is 6.08 Å². The van der Waals surface area contributed by atoms with Gasteiger partial charge in [-0.2, -0.15) is 0 Å². The molecule has 0 spiro atoms. The highest BCUT2D eigenvalue weighted by molar-refractivity contribution is 5.86. The summed E-state index contributed by atoms with van der Waals surface area (Å²) in [6.07, 6.45) is 4.58. The third kappa shape index (κ3) is 8.29. The van der Waals surface area contributed by atoms with Gasteiger partial charge in [-0.25, -0.2) is 9.59 Å². The molecular formula is C13H18O5. The largest absolute Gasteiger partial charge is 0.478 e. The number of carboxylic acids is 2. The van der Waals surface area contributed by atoms with Crippen LogP contribution < -0.4 is 0 Å². The molecule has 1 saturated heterocycles. The van der Waals surface area contributed by atoms with Crippen LogP contribution in [0.5, 0.6) is 0 Å². The molecule has 1 unspecified atom stereocenters. The zero-order valence-corrected chi connectivity index (χ0v) is 10.4. The van der Waals surface area contributed by atoms with Crippen molar-refractivity contribution in [2.45, 2.75) is 25.9 Å². The molecule has 0 aromatic heterocycles. The van der Waals surface area contributed by atoms with Crippen molar-refractivity contribution in [3.8, 4) is 0 Å². The van der Waals surface area contributed by atoms with Crippen LogP contribution in [0.25, 0.3) is 0 Å². The fourth-order valence-electron chi connectivity index (χ4n) is 0.861. The average molecular weight is 254 g/mol. The van der Waals surface area contributed by atoms with Gasteiger partial charge in [0.1, 0.15) is 0 Å². The maximum Gasteiger partial charge on any atom is 0.331 e. The molecular weight excluding hydrogens is 236 g/mol. The van der Waals surface area contributed by atoms with E-state index in [9.17, 15) is 9.59 Å². The monoisotopic (exact) mass is 254 g/mol. The fraction of sp³-hybridized carbons (Fsp3) is 0.385. The minimum absolute atomic E-state index is 0.181. The van der Waals surface area contributed by atoms with E-state index < -0.39 is 11.9 Å². The van der Waals surface area contributed by atoms with Crippen LogP contribution in [0.1, 0.15) is 19.8 Å². The first-order chi connectivity index (χ1) is 8.38. The maximum atomic E-state index is 10.2. The molecule has 1 atom stereocenters. The maximum absolute atomic E-state index is 10.2. The van der Waals surface area contributed by atoms with Crippen molar-refractivity contribution in [3.63, 3.8) is 0 Å².